The Morgan fingerprint density at radius 1 is 1.41 bits per heavy atom. The van der Waals surface area contributed by atoms with E-state index in [1.807, 2.05) is 26.8 Å². The fourth-order valence-electron chi connectivity index (χ4n) is 1.74. The highest BCUT2D eigenvalue weighted by Crippen LogP contribution is 2.21. The molecule has 0 atom stereocenters. The van der Waals surface area contributed by atoms with Crippen molar-refractivity contribution in [2.75, 3.05) is 5.32 Å². The van der Waals surface area contributed by atoms with Gasteiger partial charge in [0, 0.05) is 11.9 Å². The van der Waals surface area contributed by atoms with E-state index in [9.17, 15) is 4.79 Å². The van der Waals surface area contributed by atoms with E-state index in [1.165, 1.54) is 0 Å². The second-order valence-electron chi connectivity index (χ2n) is 3.95. The summed E-state index contributed by atoms with van der Waals surface area (Å²) in [5, 5.41) is 6.07. The van der Waals surface area contributed by atoms with Crippen molar-refractivity contribution in [3.05, 3.63) is 46.9 Å². The van der Waals surface area contributed by atoms with Crippen molar-refractivity contribution in [1.29, 1.82) is 0 Å². The molecular weight excluding hydrogens is 214 g/mol. The van der Waals surface area contributed by atoms with Crippen LogP contribution in [0.3, 0.4) is 0 Å². The van der Waals surface area contributed by atoms with Crippen LogP contribution >= 0.6 is 0 Å². The number of carbonyl (C=O) groups excluding carboxylic acids is 1. The van der Waals surface area contributed by atoms with Crippen LogP contribution in [0.4, 0.5) is 5.82 Å². The Hall–Kier alpha value is -2.10. The number of pyridine rings is 1. The van der Waals surface area contributed by atoms with Crippen LogP contribution in [0.5, 0.6) is 0 Å². The minimum atomic E-state index is -0.131. The fourth-order valence-corrected chi connectivity index (χ4v) is 1.74. The Kier molecular flexibility index (Phi) is 2.95. The zero-order chi connectivity index (χ0) is 12.4. The summed E-state index contributed by atoms with van der Waals surface area (Å²) in [6.45, 7) is 5.83. The van der Waals surface area contributed by atoms with Crippen LogP contribution in [0.1, 0.15) is 31.1 Å². The summed E-state index contributed by atoms with van der Waals surface area (Å²) in [4.78, 5) is 16.2. The van der Waals surface area contributed by atoms with E-state index >= 15 is 0 Å². The molecule has 0 aromatic carbocycles. The van der Waals surface area contributed by atoms with E-state index in [0.717, 1.165) is 17.0 Å². The third kappa shape index (κ3) is 2.06. The van der Waals surface area contributed by atoms with Crippen molar-refractivity contribution in [1.82, 2.24) is 10.3 Å². The molecule has 0 spiro atoms. The molecule has 0 saturated carbocycles. The molecule has 2 N–H and O–H groups in total. The second-order valence-corrected chi connectivity index (χ2v) is 3.95. The molecule has 1 amide bonds. The van der Waals surface area contributed by atoms with Crippen LogP contribution in [-0.4, -0.2) is 10.9 Å². The Morgan fingerprint density at radius 2 is 2.18 bits per heavy atom. The van der Waals surface area contributed by atoms with Crippen LogP contribution in [0.25, 0.3) is 0 Å². The summed E-state index contributed by atoms with van der Waals surface area (Å²) < 4.78 is 0. The summed E-state index contributed by atoms with van der Waals surface area (Å²) in [5.41, 5.74) is 3.30. The molecule has 17 heavy (non-hydrogen) atoms. The lowest BCUT2D eigenvalue weighted by molar-refractivity contribution is 0.0967. The largest absolute Gasteiger partial charge is 0.341 e. The SMILES string of the molecule is C/C=C(/C)C1=C(C)Nc2ncccc2C(=O)N1. The van der Waals surface area contributed by atoms with Gasteiger partial charge < -0.3 is 10.6 Å². The number of rotatable bonds is 1. The minimum absolute atomic E-state index is 0.131. The maximum absolute atomic E-state index is 12.0. The number of nitrogens with one attached hydrogen (secondary N) is 2. The third-order valence-corrected chi connectivity index (χ3v) is 2.80. The van der Waals surface area contributed by atoms with Crippen LogP contribution in [0, 0.1) is 0 Å². The maximum Gasteiger partial charge on any atom is 0.259 e. The quantitative estimate of drug-likeness (QED) is 0.777. The van der Waals surface area contributed by atoms with Gasteiger partial charge in [-0.3, -0.25) is 4.79 Å². The molecule has 0 radical (unpaired) electrons. The first kappa shape index (κ1) is 11.4. The lowest BCUT2D eigenvalue weighted by Crippen LogP contribution is -2.23. The van der Waals surface area contributed by atoms with Gasteiger partial charge in [0.25, 0.3) is 5.91 Å². The van der Waals surface area contributed by atoms with Crippen LogP contribution < -0.4 is 10.6 Å². The molecule has 2 rings (SSSR count). The van der Waals surface area contributed by atoms with Crippen LogP contribution in [0.15, 0.2) is 41.4 Å². The molecule has 88 valence electrons. The molecule has 1 aliphatic heterocycles. The number of amides is 1. The molecule has 1 aliphatic rings. The maximum atomic E-state index is 12.0. The monoisotopic (exact) mass is 229 g/mol. The number of allylic oxidation sites excluding steroid dienone is 3. The van der Waals surface area contributed by atoms with Gasteiger partial charge in [-0.15, -0.1) is 0 Å². The predicted octanol–water partition coefficient (Wildman–Crippen LogP) is 2.43. The summed E-state index contributed by atoms with van der Waals surface area (Å²) in [5.74, 6) is 0.468. The van der Waals surface area contributed by atoms with Crippen molar-refractivity contribution in [3.63, 3.8) is 0 Å². The normalized spacial score (nSPS) is 15.9. The molecule has 0 fully saturated rings. The molecule has 0 aliphatic carbocycles. The summed E-state index contributed by atoms with van der Waals surface area (Å²) in [7, 11) is 0. The average molecular weight is 229 g/mol. The Balaban J connectivity index is 2.50. The highest BCUT2D eigenvalue weighted by Gasteiger charge is 2.19. The molecule has 1 aromatic rings. The molecule has 1 aromatic heterocycles. The molecule has 0 unspecified atom stereocenters. The first-order chi connectivity index (χ1) is 8.13. The van der Waals surface area contributed by atoms with Gasteiger partial charge in [-0.1, -0.05) is 6.08 Å². The van der Waals surface area contributed by atoms with Crippen molar-refractivity contribution in [3.8, 4) is 0 Å². The Labute approximate surface area is 100 Å². The van der Waals surface area contributed by atoms with Gasteiger partial charge in [0.2, 0.25) is 0 Å². The molecule has 2 heterocycles. The first-order valence-corrected chi connectivity index (χ1v) is 5.51. The van der Waals surface area contributed by atoms with Gasteiger partial charge in [0.1, 0.15) is 5.82 Å². The smallest absolute Gasteiger partial charge is 0.259 e. The Bertz CT molecular complexity index is 529. The van der Waals surface area contributed by atoms with Crippen molar-refractivity contribution < 1.29 is 4.79 Å². The molecule has 4 heteroatoms. The highest BCUT2D eigenvalue weighted by atomic mass is 16.1. The van der Waals surface area contributed by atoms with E-state index in [1.54, 1.807) is 18.3 Å². The molecule has 4 nitrogen and oxygen atoms in total. The van der Waals surface area contributed by atoms with E-state index in [2.05, 4.69) is 15.6 Å². The van der Waals surface area contributed by atoms with Crippen molar-refractivity contribution in [2.24, 2.45) is 0 Å². The number of fused-ring (bicyclic) bond motifs is 1. The van der Waals surface area contributed by atoms with Gasteiger partial charge in [-0.2, -0.15) is 0 Å². The van der Waals surface area contributed by atoms with Crippen LogP contribution in [-0.2, 0) is 0 Å². The zero-order valence-electron chi connectivity index (χ0n) is 10.2. The summed E-state index contributed by atoms with van der Waals surface area (Å²) in [6.07, 6.45) is 3.63. The topological polar surface area (TPSA) is 54.0 Å². The summed E-state index contributed by atoms with van der Waals surface area (Å²) in [6, 6.07) is 3.51. The second kappa shape index (κ2) is 4.41. The lowest BCUT2D eigenvalue weighted by atomic mass is 10.1. The van der Waals surface area contributed by atoms with Gasteiger partial charge in [0.15, 0.2) is 0 Å². The van der Waals surface area contributed by atoms with Gasteiger partial charge in [-0.05, 0) is 38.5 Å². The number of anilines is 1. The molecule has 0 bridgehead atoms. The molecule has 0 saturated heterocycles. The fraction of sp³-hybridized carbons (Fsp3) is 0.231. The van der Waals surface area contributed by atoms with Gasteiger partial charge >= 0.3 is 0 Å². The van der Waals surface area contributed by atoms with E-state index in [-0.39, 0.29) is 5.91 Å². The van der Waals surface area contributed by atoms with Gasteiger partial charge in [0.05, 0.1) is 11.3 Å². The van der Waals surface area contributed by atoms with E-state index in [4.69, 9.17) is 0 Å². The standard InChI is InChI=1S/C13H15N3O/c1-4-8(2)11-9(3)15-12-10(13(17)16-11)6-5-7-14-12/h4-7H,1-3H3,(H,14,15)(H,16,17)/b8-4-. The minimum Gasteiger partial charge on any atom is -0.341 e. The van der Waals surface area contributed by atoms with E-state index < -0.39 is 0 Å². The Morgan fingerprint density at radius 3 is 2.88 bits per heavy atom. The third-order valence-electron chi connectivity index (χ3n) is 2.80. The van der Waals surface area contributed by atoms with E-state index in [0.29, 0.717) is 11.4 Å². The number of hydrogen-bond acceptors (Lipinski definition) is 3. The lowest BCUT2D eigenvalue weighted by Gasteiger charge is -2.10. The average Bonchev–Trinajstić information content (AvgIpc) is 2.46. The molecular formula is C13H15N3O. The van der Waals surface area contributed by atoms with Gasteiger partial charge in [-0.25, -0.2) is 4.98 Å². The van der Waals surface area contributed by atoms with Crippen molar-refractivity contribution >= 4 is 11.7 Å². The predicted molar refractivity (Wildman–Crippen MR) is 67.5 cm³/mol. The number of nitrogens with zero attached hydrogens (tertiary/aromatic N) is 1. The number of aromatic nitrogens is 1. The number of carbonyl (C=O) groups is 1. The number of hydrogen-bond donors (Lipinski definition) is 2. The summed E-state index contributed by atoms with van der Waals surface area (Å²) >= 11 is 0. The zero-order valence-corrected chi connectivity index (χ0v) is 10.2. The highest BCUT2D eigenvalue weighted by molar-refractivity contribution is 6.01. The first-order valence-electron chi connectivity index (χ1n) is 5.51. The van der Waals surface area contributed by atoms with Crippen LogP contribution in [0.2, 0.25) is 0 Å². The van der Waals surface area contributed by atoms with Crippen molar-refractivity contribution in [2.45, 2.75) is 20.8 Å².